The number of amides is 1. The van der Waals surface area contributed by atoms with Gasteiger partial charge >= 0.3 is 0 Å². The van der Waals surface area contributed by atoms with Crippen molar-refractivity contribution < 1.29 is 13.2 Å². The molecule has 0 bridgehead atoms. The molecule has 0 aliphatic carbocycles. The van der Waals surface area contributed by atoms with E-state index in [1.807, 2.05) is 38.1 Å². The molecule has 2 aromatic carbocycles. The van der Waals surface area contributed by atoms with Crippen LogP contribution >= 0.6 is 0 Å². The largest absolute Gasteiger partial charge is 0.369 e. The van der Waals surface area contributed by atoms with Crippen molar-refractivity contribution >= 4 is 27.3 Å². The van der Waals surface area contributed by atoms with E-state index in [1.165, 1.54) is 0 Å². The minimum Gasteiger partial charge on any atom is -0.369 e. The second kappa shape index (κ2) is 6.90. The van der Waals surface area contributed by atoms with Crippen molar-refractivity contribution in [3.05, 3.63) is 53.1 Å². The molecule has 2 aliphatic heterocycles. The summed E-state index contributed by atoms with van der Waals surface area (Å²) >= 11 is 0. The maximum absolute atomic E-state index is 13.1. The average molecular weight is 400 g/mol. The molecule has 148 valence electrons. The third-order valence-electron chi connectivity index (χ3n) is 5.69. The Bertz CT molecular complexity index is 1040. The Morgan fingerprint density at radius 3 is 2.32 bits per heavy atom. The van der Waals surface area contributed by atoms with Crippen LogP contribution < -0.4 is 9.80 Å². The normalized spacial score (nSPS) is 17.9. The molecule has 2 aromatic rings. The van der Waals surface area contributed by atoms with E-state index in [1.54, 1.807) is 22.3 Å². The van der Waals surface area contributed by atoms with E-state index < -0.39 is 10.0 Å². The standard InChI is InChI=1S/C21H25N3O3S/c1-15-4-7-20(16(2)12-15)28(26,27)24-10-8-23(9-11-24)18-5-6-19-17(13-18)14-21(25)22(19)3/h4-7,12-13H,8-11,14H2,1-3H3. The first-order valence-corrected chi connectivity index (χ1v) is 10.9. The lowest BCUT2D eigenvalue weighted by Crippen LogP contribution is -2.48. The lowest BCUT2D eigenvalue weighted by molar-refractivity contribution is -0.117. The van der Waals surface area contributed by atoms with Crippen molar-refractivity contribution in [3.63, 3.8) is 0 Å². The van der Waals surface area contributed by atoms with Crippen LogP contribution in [-0.4, -0.2) is 51.9 Å². The van der Waals surface area contributed by atoms with Gasteiger partial charge in [-0.3, -0.25) is 4.79 Å². The van der Waals surface area contributed by atoms with E-state index >= 15 is 0 Å². The molecule has 4 rings (SSSR count). The topological polar surface area (TPSA) is 60.9 Å². The minimum absolute atomic E-state index is 0.108. The monoisotopic (exact) mass is 399 g/mol. The summed E-state index contributed by atoms with van der Waals surface area (Å²) in [5.74, 6) is 0.108. The van der Waals surface area contributed by atoms with E-state index in [0.717, 1.165) is 28.1 Å². The zero-order chi connectivity index (χ0) is 20.1. The Labute approximate surface area is 166 Å². The number of rotatable bonds is 3. The number of piperazine rings is 1. The van der Waals surface area contributed by atoms with Gasteiger partial charge in [-0.15, -0.1) is 0 Å². The predicted molar refractivity (Wildman–Crippen MR) is 110 cm³/mol. The van der Waals surface area contributed by atoms with Crippen LogP contribution in [0.25, 0.3) is 0 Å². The van der Waals surface area contributed by atoms with Gasteiger partial charge in [0.15, 0.2) is 0 Å². The molecule has 1 amide bonds. The Morgan fingerprint density at radius 2 is 1.64 bits per heavy atom. The predicted octanol–water partition coefficient (Wildman–Crippen LogP) is 2.33. The molecule has 0 radical (unpaired) electrons. The summed E-state index contributed by atoms with van der Waals surface area (Å²) in [4.78, 5) is 16.2. The Morgan fingerprint density at radius 1 is 0.929 bits per heavy atom. The molecule has 2 aliphatic rings. The van der Waals surface area contributed by atoms with Crippen molar-refractivity contribution in [2.75, 3.05) is 43.0 Å². The van der Waals surface area contributed by atoms with E-state index in [9.17, 15) is 13.2 Å². The second-order valence-electron chi connectivity index (χ2n) is 7.60. The van der Waals surface area contributed by atoms with Gasteiger partial charge in [-0.05, 0) is 49.2 Å². The summed E-state index contributed by atoms with van der Waals surface area (Å²) in [6.07, 6.45) is 0.431. The zero-order valence-electron chi connectivity index (χ0n) is 16.5. The van der Waals surface area contributed by atoms with Gasteiger partial charge in [0.1, 0.15) is 0 Å². The van der Waals surface area contributed by atoms with Gasteiger partial charge in [-0.25, -0.2) is 8.42 Å². The van der Waals surface area contributed by atoms with Crippen LogP contribution in [0.15, 0.2) is 41.3 Å². The highest BCUT2D eigenvalue weighted by atomic mass is 32.2. The molecule has 0 unspecified atom stereocenters. The van der Waals surface area contributed by atoms with Crippen molar-refractivity contribution in [3.8, 4) is 0 Å². The van der Waals surface area contributed by atoms with Gasteiger partial charge in [0.05, 0.1) is 11.3 Å². The van der Waals surface area contributed by atoms with Crippen LogP contribution in [0.2, 0.25) is 0 Å². The summed E-state index contributed by atoms with van der Waals surface area (Å²) < 4.78 is 27.7. The van der Waals surface area contributed by atoms with Gasteiger partial charge in [-0.1, -0.05) is 17.7 Å². The number of sulfonamides is 1. The molecule has 0 aromatic heterocycles. The highest BCUT2D eigenvalue weighted by molar-refractivity contribution is 7.89. The fourth-order valence-corrected chi connectivity index (χ4v) is 5.70. The summed E-state index contributed by atoms with van der Waals surface area (Å²) in [6, 6.07) is 11.5. The molecule has 6 nitrogen and oxygen atoms in total. The second-order valence-corrected chi connectivity index (χ2v) is 9.51. The molecule has 2 heterocycles. The van der Waals surface area contributed by atoms with Gasteiger partial charge in [0.2, 0.25) is 15.9 Å². The highest BCUT2D eigenvalue weighted by Crippen LogP contribution is 2.32. The number of carbonyl (C=O) groups excluding carboxylic acids is 1. The number of likely N-dealkylation sites (N-methyl/N-ethyl adjacent to an activating group) is 1. The number of hydrogen-bond acceptors (Lipinski definition) is 4. The summed E-state index contributed by atoms with van der Waals surface area (Å²) in [6.45, 7) is 5.97. The van der Waals surface area contributed by atoms with Crippen LogP contribution in [0.4, 0.5) is 11.4 Å². The van der Waals surface area contributed by atoms with Crippen molar-refractivity contribution in [1.29, 1.82) is 0 Å². The Hall–Kier alpha value is -2.38. The van der Waals surface area contributed by atoms with E-state index in [4.69, 9.17) is 0 Å². The molecular formula is C21H25N3O3S. The molecule has 28 heavy (non-hydrogen) atoms. The van der Waals surface area contributed by atoms with Crippen molar-refractivity contribution in [2.45, 2.75) is 25.2 Å². The maximum Gasteiger partial charge on any atom is 0.243 e. The minimum atomic E-state index is -3.48. The van der Waals surface area contributed by atoms with E-state index in [2.05, 4.69) is 11.0 Å². The van der Waals surface area contributed by atoms with Crippen molar-refractivity contribution in [2.24, 2.45) is 0 Å². The summed E-state index contributed by atoms with van der Waals surface area (Å²) in [7, 11) is -1.69. The van der Waals surface area contributed by atoms with Crippen molar-refractivity contribution in [1.82, 2.24) is 4.31 Å². The molecule has 0 atom stereocenters. The molecule has 1 fully saturated rings. The molecule has 0 saturated carbocycles. The Balaban J connectivity index is 1.49. The maximum atomic E-state index is 13.1. The molecule has 0 spiro atoms. The number of fused-ring (bicyclic) bond motifs is 1. The van der Waals surface area contributed by atoms with Crippen LogP contribution in [0.3, 0.4) is 0 Å². The SMILES string of the molecule is Cc1ccc(S(=O)(=O)N2CCN(c3ccc4c(c3)CC(=O)N4C)CC2)c(C)c1. The summed E-state index contributed by atoms with van der Waals surface area (Å²) in [5, 5.41) is 0. The number of aryl methyl sites for hydroxylation is 2. The first-order chi connectivity index (χ1) is 13.3. The third-order valence-corrected chi connectivity index (χ3v) is 7.75. The fraction of sp³-hybridized carbons (Fsp3) is 0.381. The third kappa shape index (κ3) is 3.18. The van der Waals surface area contributed by atoms with Gasteiger partial charge < -0.3 is 9.80 Å². The lowest BCUT2D eigenvalue weighted by atomic mass is 10.1. The van der Waals surface area contributed by atoms with E-state index in [0.29, 0.717) is 37.5 Å². The van der Waals surface area contributed by atoms with Crippen LogP contribution in [0, 0.1) is 13.8 Å². The quantitative estimate of drug-likeness (QED) is 0.795. The smallest absolute Gasteiger partial charge is 0.243 e. The summed E-state index contributed by atoms with van der Waals surface area (Å²) in [5.41, 5.74) is 4.89. The molecular weight excluding hydrogens is 374 g/mol. The van der Waals surface area contributed by atoms with Gasteiger partial charge in [-0.2, -0.15) is 4.31 Å². The fourth-order valence-electron chi connectivity index (χ4n) is 4.07. The first kappa shape index (κ1) is 19.0. The lowest BCUT2D eigenvalue weighted by Gasteiger charge is -2.35. The van der Waals surface area contributed by atoms with Gasteiger partial charge in [0.25, 0.3) is 0 Å². The Kier molecular flexibility index (Phi) is 4.67. The number of carbonyl (C=O) groups is 1. The van der Waals surface area contributed by atoms with Crippen LogP contribution in [-0.2, 0) is 21.2 Å². The van der Waals surface area contributed by atoms with E-state index in [-0.39, 0.29) is 5.91 Å². The highest BCUT2D eigenvalue weighted by Gasteiger charge is 2.30. The van der Waals surface area contributed by atoms with Crippen LogP contribution in [0.1, 0.15) is 16.7 Å². The number of anilines is 2. The average Bonchev–Trinajstić information content (AvgIpc) is 2.95. The number of nitrogens with zero attached hydrogens (tertiary/aromatic N) is 3. The molecule has 0 N–H and O–H groups in total. The zero-order valence-corrected chi connectivity index (χ0v) is 17.3. The number of benzene rings is 2. The first-order valence-electron chi connectivity index (χ1n) is 9.49. The number of hydrogen-bond donors (Lipinski definition) is 0. The van der Waals surface area contributed by atoms with Gasteiger partial charge in [0, 0.05) is 44.6 Å². The molecule has 1 saturated heterocycles. The molecule has 7 heteroatoms. The van der Waals surface area contributed by atoms with Crippen LogP contribution in [0.5, 0.6) is 0 Å².